The van der Waals surface area contributed by atoms with Crippen LogP contribution in [0.5, 0.6) is 0 Å². The van der Waals surface area contributed by atoms with Crippen LogP contribution in [0.25, 0.3) is 5.57 Å². The SMILES string of the molecule is C=C(F)/C=C\C(=C)c1ccsc1C. The van der Waals surface area contributed by atoms with Gasteiger partial charge in [-0.2, -0.15) is 0 Å². The lowest BCUT2D eigenvalue weighted by Crippen LogP contribution is -1.76. The predicted octanol–water partition coefficient (Wildman–Crippen LogP) is 4.11. The maximum atomic E-state index is 12.3. The molecule has 0 nitrogen and oxygen atoms in total. The summed E-state index contributed by atoms with van der Waals surface area (Å²) in [6.07, 6.45) is 2.96. The van der Waals surface area contributed by atoms with Gasteiger partial charge in [0, 0.05) is 4.88 Å². The Balaban J connectivity index is 2.81. The van der Waals surface area contributed by atoms with Crippen LogP contribution in [0.1, 0.15) is 10.4 Å². The summed E-state index contributed by atoms with van der Waals surface area (Å²) < 4.78 is 12.3. The highest BCUT2D eigenvalue weighted by molar-refractivity contribution is 7.10. The molecule has 2 heteroatoms. The minimum absolute atomic E-state index is 0.450. The number of hydrogen-bond acceptors (Lipinski definition) is 1. The molecule has 1 aromatic rings. The zero-order chi connectivity index (χ0) is 9.84. The monoisotopic (exact) mass is 194 g/mol. The molecule has 0 saturated heterocycles. The average Bonchev–Trinajstić information content (AvgIpc) is 2.47. The molecule has 1 aromatic heterocycles. The van der Waals surface area contributed by atoms with Gasteiger partial charge < -0.3 is 0 Å². The van der Waals surface area contributed by atoms with Gasteiger partial charge in [0.2, 0.25) is 0 Å². The smallest absolute Gasteiger partial charge is 0.116 e. The van der Waals surface area contributed by atoms with E-state index in [0.29, 0.717) is 0 Å². The van der Waals surface area contributed by atoms with Crippen LogP contribution in [0.3, 0.4) is 0 Å². The van der Waals surface area contributed by atoms with Crippen molar-refractivity contribution in [3.8, 4) is 0 Å². The number of halogens is 1. The summed E-state index contributed by atoms with van der Waals surface area (Å²) >= 11 is 1.66. The third-order valence-corrected chi connectivity index (χ3v) is 2.52. The maximum absolute atomic E-state index is 12.3. The fraction of sp³-hybridized carbons (Fsp3) is 0.0909. The number of rotatable bonds is 3. The first kappa shape index (κ1) is 9.93. The molecule has 13 heavy (non-hydrogen) atoms. The molecule has 0 N–H and O–H groups in total. The molecule has 0 saturated carbocycles. The second kappa shape index (κ2) is 4.19. The third kappa shape index (κ3) is 2.67. The molecular formula is C11H11FS. The van der Waals surface area contributed by atoms with E-state index >= 15 is 0 Å². The number of thiophene rings is 1. The molecule has 0 radical (unpaired) electrons. The Morgan fingerprint density at radius 3 is 2.62 bits per heavy atom. The van der Waals surface area contributed by atoms with Crippen molar-refractivity contribution in [3.05, 3.63) is 53.0 Å². The Morgan fingerprint density at radius 2 is 2.15 bits per heavy atom. The molecule has 0 amide bonds. The highest BCUT2D eigenvalue weighted by atomic mass is 32.1. The van der Waals surface area contributed by atoms with E-state index in [2.05, 4.69) is 13.2 Å². The van der Waals surface area contributed by atoms with Crippen molar-refractivity contribution in [1.29, 1.82) is 0 Å². The summed E-state index contributed by atoms with van der Waals surface area (Å²) in [7, 11) is 0. The zero-order valence-electron chi connectivity index (χ0n) is 7.51. The van der Waals surface area contributed by atoms with Gasteiger partial charge in [0.1, 0.15) is 5.83 Å². The standard InChI is InChI=1S/C11H11FS/c1-8(4-5-9(2)12)11-6-7-13-10(11)3/h4-7H,1-2H2,3H3/b5-4-. The molecule has 1 heterocycles. The van der Waals surface area contributed by atoms with Crippen LogP contribution in [0.4, 0.5) is 4.39 Å². The van der Waals surface area contributed by atoms with Gasteiger partial charge in [-0.1, -0.05) is 19.2 Å². The molecular weight excluding hydrogens is 183 g/mol. The Kier molecular flexibility index (Phi) is 3.20. The van der Waals surface area contributed by atoms with Gasteiger partial charge in [0.25, 0.3) is 0 Å². The molecule has 0 aliphatic heterocycles. The van der Waals surface area contributed by atoms with Crippen molar-refractivity contribution < 1.29 is 4.39 Å². The van der Waals surface area contributed by atoms with Crippen LogP contribution >= 0.6 is 11.3 Å². The van der Waals surface area contributed by atoms with E-state index in [9.17, 15) is 4.39 Å². The van der Waals surface area contributed by atoms with E-state index in [0.717, 1.165) is 11.1 Å². The van der Waals surface area contributed by atoms with Crippen LogP contribution in [-0.2, 0) is 0 Å². The molecule has 0 aliphatic carbocycles. The van der Waals surface area contributed by atoms with Crippen molar-refractivity contribution in [2.45, 2.75) is 6.92 Å². The van der Waals surface area contributed by atoms with E-state index in [1.807, 2.05) is 18.4 Å². The fourth-order valence-electron chi connectivity index (χ4n) is 0.999. The van der Waals surface area contributed by atoms with Crippen molar-refractivity contribution >= 4 is 16.9 Å². The topological polar surface area (TPSA) is 0 Å². The van der Waals surface area contributed by atoms with E-state index in [-0.39, 0.29) is 0 Å². The van der Waals surface area contributed by atoms with Gasteiger partial charge in [0.15, 0.2) is 0 Å². The molecule has 0 atom stereocenters. The van der Waals surface area contributed by atoms with Gasteiger partial charge in [-0.3, -0.25) is 0 Å². The van der Waals surface area contributed by atoms with Crippen LogP contribution in [0.2, 0.25) is 0 Å². The van der Waals surface area contributed by atoms with Crippen molar-refractivity contribution in [2.75, 3.05) is 0 Å². The first-order valence-electron chi connectivity index (χ1n) is 3.87. The van der Waals surface area contributed by atoms with Gasteiger partial charge in [-0.25, -0.2) is 4.39 Å². The van der Waals surface area contributed by atoms with E-state index < -0.39 is 5.83 Å². The molecule has 0 aliphatic rings. The van der Waals surface area contributed by atoms with Crippen molar-refractivity contribution in [1.82, 2.24) is 0 Å². The Bertz CT molecular complexity index is 358. The van der Waals surface area contributed by atoms with Gasteiger partial charge >= 0.3 is 0 Å². The Morgan fingerprint density at radius 1 is 1.46 bits per heavy atom. The molecule has 1 rings (SSSR count). The minimum atomic E-state index is -0.450. The highest BCUT2D eigenvalue weighted by Gasteiger charge is 2.00. The largest absolute Gasteiger partial charge is 0.208 e. The van der Waals surface area contributed by atoms with Crippen LogP contribution in [0, 0.1) is 6.92 Å². The van der Waals surface area contributed by atoms with Gasteiger partial charge in [-0.15, -0.1) is 11.3 Å². The van der Waals surface area contributed by atoms with Crippen molar-refractivity contribution in [2.24, 2.45) is 0 Å². The minimum Gasteiger partial charge on any atom is -0.208 e. The Hall–Kier alpha value is -1.15. The fourth-order valence-corrected chi connectivity index (χ4v) is 1.73. The normalized spacial score (nSPS) is 10.6. The van der Waals surface area contributed by atoms with Gasteiger partial charge in [-0.05, 0) is 35.6 Å². The Labute approximate surface area is 81.7 Å². The summed E-state index contributed by atoms with van der Waals surface area (Å²) in [6, 6.07) is 1.98. The summed E-state index contributed by atoms with van der Waals surface area (Å²) in [5.41, 5.74) is 1.89. The first-order valence-corrected chi connectivity index (χ1v) is 4.75. The molecule has 0 unspecified atom stereocenters. The number of hydrogen-bond donors (Lipinski definition) is 0. The van der Waals surface area contributed by atoms with Gasteiger partial charge in [0.05, 0.1) is 0 Å². The second-order valence-corrected chi connectivity index (χ2v) is 3.82. The number of aryl methyl sites for hydroxylation is 1. The molecule has 0 aromatic carbocycles. The van der Waals surface area contributed by atoms with Crippen LogP contribution in [0.15, 0.2) is 42.6 Å². The maximum Gasteiger partial charge on any atom is 0.116 e. The second-order valence-electron chi connectivity index (χ2n) is 2.70. The lowest BCUT2D eigenvalue weighted by Gasteiger charge is -1.97. The molecule has 0 spiro atoms. The zero-order valence-corrected chi connectivity index (χ0v) is 8.33. The first-order chi connectivity index (χ1) is 6.11. The van der Waals surface area contributed by atoms with E-state index in [1.54, 1.807) is 17.4 Å². The van der Waals surface area contributed by atoms with Crippen LogP contribution < -0.4 is 0 Å². The predicted molar refractivity (Wildman–Crippen MR) is 57.5 cm³/mol. The summed E-state index contributed by atoms with van der Waals surface area (Å²) in [5, 5.41) is 1.99. The lowest BCUT2D eigenvalue weighted by atomic mass is 10.1. The summed E-state index contributed by atoms with van der Waals surface area (Å²) in [6.45, 7) is 9.00. The lowest BCUT2D eigenvalue weighted by molar-refractivity contribution is 0.671. The third-order valence-electron chi connectivity index (χ3n) is 1.67. The van der Waals surface area contributed by atoms with E-state index in [1.165, 1.54) is 11.0 Å². The molecule has 68 valence electrons. The average molecular weight is 194 g/mol. The summed E-state index contributed by atoms with van der Waals surface area (Å²) in [4.78, 5) is 1.19. The summed E-state index contributed by atoms with van der Waals surface area (Å²) in [5.74, 6) is -0.450. The molecule has 0 bridgehead atoms. The van der Waals surface area contributed by atoms with E-state index in [4.69, 9.17) is 0 Å². The quantitative estimate of drug-likeness (QED) is 0.635. The van der Waals surface area contributed by atoms with Crippen LogP contribution in [-0.4, -0.2) is 0 Å². The number of allylic oxidation sites excluding steroid dienone is 4. The molecule has 0 fully saturated rings. The van der Waals surface area contributed by atoms with Crippen molar-refractivity contribution in [3.63, 3.8) is 0 Å². The highest BCUT2D eigenvalue weighted by Crippen LogP contribution is 2.23.